The number of piperidine rings is 1. The van der Waals surface area contributed by atoms with Crippen LogP contribution in [0.2, 0.25) is 0 Å². The zero-order valence-electron chi connectivity index (χ0n) is 19.8. The number of β-amino-alcohol motifs (C(OH)–C–C–N with tert-alkyl or cyclic N) is 1. The number of benzene rings is 1. The van der Waals surface area contributed by atoms with E-state index in [1.54, 1.807) is 0 Å². The van der Waals surface area contributed by atoms with Gasteiger partial charge in [-0.2, -0.15) is 0 Å². The van der Waals surface area contributed by atoms with E-state index in [9.17, 15) is 24.9 Å². The Kier molecular flexibility index (Phi) is 7.25. The van der Waals surface area contributed by atoms with Crippen molar-refractivity contribution >= 4 is 11.6 Å². The van der Waals surface area contributed by atoms with Crippen LogP contribution >= 0.6 is 0 Å². The van der Waals surface area contributed by atoms with Crippen LogP contribution in [0.3, 0.4) is 0 Å². The first kappa shape index (κ1) is 24.3. The summed E-state index contributed by atoms with van der Waals surface area (Å²) in [5.74, 6) is -3.00. The molecule has 1 heterocycles. The second-order valence-corrected chi connectivity index (χ2v) is 9.54. The highest BCUT2D eigenvalue weighted by Gasteiger charge is 2.48. The van der Waals surface area contributed by atoms with Crippen molar-refractivity contribution in [1.82, 2.24) is 20.4 Å². The second kappa shape index (κ2) is 10.2. The summed E-state index contributed by atoms with van der Waals surface area (Å²) in [5.41, 5.74) is 1.01. The third-order valence-corrected chi connectivity index (χ3v) is 6.79. The lowest BCUT2D eigenvalue weighted by Gasteiger charge is -2.37. The molecule has 34 heavy (non-hydrogen) atoms. The molecule has 1 fully saturated rings. The van der Waals surface area contributed by atoms with Crippen LogP contribution in [0.25, 0.3) is 0 Å². The van der Waals surface area contributed by atoms with Crippen molar-refractivity contribution in [3.8, 4) is 11.5 Å². The molecule has 3 aliphatic rings. The SMILES string of the molecule is CN(C)CCNC1=CC=C(NCCN2CCCC(O)C2)C2C(=O)c3c(O)ccc(O)c3C(=O)C12. The summed E-state index contributed by atoms with van der Waals surface area (Å²) >= 11 is 0. The van der Waals surface area contributed by atoms with Crippen LogP contribution in [-0.2, 0) is 0 Å². The van der Waals surface area contributed by atoms with Gasteiger partial charge in [-0.25, -0.2) is 0 Å². The van der Waals surface area contributed by atoms with E-state index in [-0.39, 0.29) is 40.3 Å². The summed E-state index contributed by atoms with van der Waals surface area (Å²) in [6, 6.07) is 2.49. The van der Waals surface area contributed by atoms with Crippen LogP contribution < -0.4 is 10.6 Å². The lowest BCUT2D eigenvalue weighted by atomic mass is 9.68. The molecule has 0 spiro atoms. The standard InChI is InChI=1S/C25H34N4O5/c1-28(2)12-9-26-16-5-6-17(27-10-13-29-11-3-4-15(30)14-29)21-20(16)24(33)22-18(31)7-8-19(32)23(22)25(21)34/h5-8,15,20-21,26-27,30-32H,3-4,9-14H2,1-2H3. The minimum Gasteiger partial charge on any atom is -0.507 e. The Morgan fingerprint density at radius 1 is 0.971 bits per heavy atom. The van der Waals surface area contributed by atoms with Crippen LogP contribution in [0.15, 0.2) is 35.7 Å². The molecule has 0 aromatic heterocycles. The van der Waals surface area contributed by atoms with Crippen molar-refractivity contribution in [2.24, 2.45) is 11.8 Å². The highest BCUT2D eigenvalue weighted by molar-refractivity contribution is 6.20. The van der Waals surface area contributed by atoms with Gasteiger partial charge in [0.15, 0.2) is 11.6 Å². The zero-order chi connectivity index (χ0) is 24.4. The predicted molar refractivity (Wildman–Crippen MR) is 128 cm³/mol. The number of aromatic hydroxyl groups is 2. The molecule has 3 atom stereocenters. The van der Waals surface area contributed by atoms with E-state index in [0.29, 0.717) is 37.6 Å². The fraction of sp³-hybridized carbons (Fsp3) is 0.520. The fourth-order valence-corrected chi connectivity index (χ4v) is 5.08. The molecule has 184 valence electrons. The number of likely N-dealkylation sites (tertiary alicyclic amines) is 1. The number of nitrogens with zero attached hydrogens (tertiary/aromatic N) is 2. The minimum atomic E-state index is -0.813. The maximum atomic E-state index is 13.6. The van der Waals surface area contributed by atoms with Gasteiger partial charge in [0.2, 0.25) is 0 Å². The first-order valence-electron chi connectivity index (χ1n) is 11.9. The first-order chi connectivity index (χ1) is 16.3. The number of hydrogen-bond acceptors (Lipinski definition) is 9. The van der Waals surface area contributed by atoms with E-state index in [1.807, 2.05) is 31.1 Å². The van der Waals surface area contributed by atoms with Crippen molar-refractivity contribution < 1.29 is 24.9 Å². The van der Waals surface area contributed by atoms with E-state index in [1.165, 1.54) is 12.1 Å². The number of aliphatic hydroxyl groups is 1. The molecule has 2 aliphatic carbocycles. The van der Waals surface area contributed by atoms with Crippen LogP contribution in [-0.4, -0.2) is 96.2 Å². The van der Waals surface area contributed by atoms with Gasteiger partial charge >= 0.3 is 0 Å². The molecule has 9 heteroatoms. The molecule has 4 rings (SSSR count). The molecular weight excluding hydrogens is 436 g/mol. The third kappa shape index (κ3) is 4.82. The number of Topliss-reactive ketones (excluding diaryl/α,β-unsaturated/α-hetero) is 2. The smallest absolute Gasteiger partial charge is 0.177 e. The van der Waals surface area contributed by atoms with Gasteiger partial charge in [0, 0.05) is 44.1 Å². The fourth-order valence-electron chi connectivity index (χ4n) is 5.08. The van der Waals surface area contributed by atoms with Gasteiger partial charge in [-0.1, -0.05) is 0 Å². The average Bonchev–Trinajstić information content (AvgIpc) is 2.79. The Balaban J connectivity index is 1.60. The number of ketones is 2. The Labute approximate surface area is 199 Å². The molecule has 5 N–H and O–H groups in total. The number of nitrogens with one attached hydrogen (secondary N) is 2. The molecule has 1 aromatic rings. The number of phenolic OH excluding ortho intramolecular Hbond substituents is 2. The molecule has 3 unspecified atom stereocenters. The minimum absolute atomic E-state index is 0.116. The number of likely N-dealkylation sites (N-methyl/N-ethyl adjacent to an activating group) is 1. The van der Waals surface area contributed by atoms with E-state index >= 15 is 0 Å². The van der Waals surface area contributed by atoms with Crippen LogP contribution in [0.4, 0.5) is 0 Å². The Morgan fingerprint density at radius 3 is 2.06 bits per heavy atom. The predicted octanol–water partition coefficient (Wildman–Crippen LogP) is 0.688. The molecule has 1 saturated heterocycles. The Hall–Kier alpha value is -2.88. The quantitative estimate of drug-likeness (QED) is 0.349. The van der Waals surface area contributed by atoms with E-state index < -0.39 is 11.8 Å². The normalized spacial score (nSPS) is 24.9. The number of hydrogen-bond donors (Lipinski definition) is 5. The summed E-state index contributed by atoms with van der Waals surface area (Å²) in [6.45, 7) is 4.14. The summed E-state index contributed by atoms with van der Waals surface area (Å²) in [4.78, 5) is 31.4. The van der Waals surface area contributed by atoms with Gasteiger partial charge in [-0.05, 0) is 57.8 Å². The number of carbonyl (C=O) groups is 2. The van der Waals surface area contributed by atoms with Crippen molar-refractivity contribution in [2.75, 3.05) is 53.4 Å². The lowest BCUT2D eigenvalue weighted by Crippen LogP contribution is -2.47. The Morgan fingerprint density at radius 2 is 1.53 bits per heavy atom. The zero-order valence-corrected chi connectivity index (χ0v) is 19.8. The maximum absolute atomic E-state index is 13.6. The molecule has 0 bridgehead atoms. The maximum Gasteiger partial charge on any atom is 0.177 e. The highest BCUT2D eigenvalue weighted by Crippen LogP contribution is 2.44. The molecule has 9 nitrogen and oxygen atoms in total. The van der Waals surface area contributed by atoms with Gasteiger partial charge < -0.3 is 30.9 Å². The molecule has 1 aliphatic heterocycles. The monoisotopic (exact) mass is 470 g/mol. The highest BCUT2D eigenvalue weighted by atomic mass is 16.3. The number of aliphatic hydroxyl groups excluding tert-OH is 1. The number of rotatable bonds is 8. The van der Waals surface area contributed by atoms with Crippen molar-refractivity contribution in [3.63, 3.8) is 0 Å². The van der Waals surface area contributed by atoms with Gasteiger partial charge in [0.05, 0.1) is 29.1 Å². The average molecular weight is 471 g/mol. The molecule has 1 aromatic carbocycles. The van der Waals surface area contributed by atoms with Crippen LogP contribution in [0.5, 0.6) is 11.5 Å². The van der Waals surface area contributed by atoms with E-state index in [0.717, 1.165) is 25.9 Å². The van der Waals surface area contributed by atoms with Gasteiger partial charge in [-0.15, -0.1) is 0 Å². The van der Waals surface area contributed by atoms with Crippen LogP contribution in [0.1, 0.15) is 33.6 Å². The van der Waals surface area contributed by atoms with Crippen molar-refractivity contribution in [1.29, 1.82) is 0 Å². The number of allylic oxidation sites excluding steroid dienone is 4. The molecule has 0 saturated carbocycles. The number of carbonyl (C=O) groups excluding carboxylic acids is 2. The second-order valence-electron chi connectivity index (χ2n) is 9.54. The topological polar surface area (TPSA) is 125 Å². The lowest BCUT2D eigenvalue weighted by molar-refractivity contribution is 0.0708. The van der Waals surface area contributed by atoms with Gasteiger partial charge in [0.1, 0.15) is 11.5 Å². The van der Waals surface area contributed by atoms with E-state index in [4.69, 9.17) is 0 Å². The largest absolute Gasteiger partial charge is 0.507 e. The summed E-state index contributed by atoms with van der Waals surface area (Å²) in [6.07, 6.45) is 5.10. The summed E-state index contributed by atoms with van der Waals surface area (Å²) in [7, 11) is 3.91. The van der Waals surface area contributed by atoms with Crippen LogP contribution in [0, 0.1) is 11.8 Å². The molecule has 0 radical (unpaired) electrons. The Bertz CT molecular complexity index is 1020. The van der Waals surface area contributed by atoms with Gasteiger partial charge in [0.25, 0.3) is 0 Å². The first-order valence-corrected chi connectivity index (χ1v) is 11.9. The van der Waals surface area contributed by atoms with Gasteiger partial charge in [-0.3, -0.25) is 14.5 Å². The number of fused-ring (bicyclic) bond motifs is 2. The van der Waals surface area contributed by atoms with E-state index in [2.05, 4.69) is 15.5 Å². The summed E-state index contributed by atoms with van der Waals surface area (Å²) < 4.78 is 0. The molecule has 0 amide bonds. The third-order valence-electron chi connectivity index (χ3n) is 6.79. The summed E-state index contributed by atoms with van der Waals surface area (Å²) in [5, 5.41) is 37.3. The van der Waals surface area contributed by atoms with Crippen molar-refractivity contribution in [3.05, 3.63) is 46.8 Å². The van der Waals surface area contributed by atoms with Crippen molar-refractivity contribution in [2.45, 2.75) is 18.9 Å². The number of phenols is 2. The molecular formula is C25H34N4O5.